The first-order chi connectivity index (χ1) is 6.63. The number of nitrogens with one attached hydrogen (secondary N) is 1. The van der Waals surface area contributed by atoms with Crippen molar-refractivity contribution >= 4 is 5.91 Å². The van der Waals surface area contributed by atoms with Crippen LogP contribution in [-0.2, 0) is 4.79 Å². The zero-order chi connectivity index (χ0) is 10.6. The molecule has 0 heterocycles. The quantitative estimate of drug-likeness (QED) is 0.704. The molecule has 14 heavy (non-hydrogen) atoms. The Bertz CT molecular complexity index is 194. The molecule has 0 unspecified atom stereocenters. The standard InChI is InChI=1S/C11H22N2O/c1-3-6-9(12)10(14)13-11(4-2)7-5-8-11/h9H,3-8,12H2,1-2H3,(H,13,14)/t9-/m0/s1. The molecule has 0 radical (unpaired) electrons. The Balaban J connectivity index is 2.38. The van der Waals surface area contributed by atoms with Gasteiger partial charge in [0.2, 0.25) is 5.91 Å². The number of rotatable bonds is 5. The van der Waals surface area contributed by atoms with Gasteiger partial charge in [-0.25, -0.2) is 0 Å². The Labute approximate surface area is 86.4 Å². The molecule has 1 aliphatic carbocycles. The van der Waals surface area contributed by atoms with Gasteiger partial charge in [-0.15, -0.1) is 0 Å². The fourth-order valence-corrected chi connectivity index (χ4v) is 1.97. The van der Waals surface area contributed by atoms with Gasteiger partial charge in [-0.3, -0.25) is 4.79 Å². The molecule has 0 aliphatic heterocycles. The Kier molecular flexibility index (Phi) is 3.93. The molecule has 1 amide bonds. The zero-order valence-electron chi connectivity index (χ0n) is 9.31. The van der Waals surface area contributed by atoms with Crippen LogP contribution >= 0.6 is 0 Å². The first-order valence-corrected chi connectivity index (χ1v) is 5.71. The molecule has 1 rings (SSSR count). The lowest BCUT2D eigenvalue weighted by Gasteiger charge is -2.42. The van der Waals surface area contributed by atoms with Crippen molar-refractivity contribution in [3.63, 3.8) is 0 Å². The van der Waals surface area contributed by atoms with Crippen molar-refractivity contribution in [3.8, 4) is 0 Å². The van der Waals surface area contributed by atoms with Crippen molar-refractivity contribution in [2.45, 2.75) is 64.0 Å². The van der Waals surface area contributed by atoms with Gasteiger partial charge >= 0.3 is 0 Å². The Hall–Kier alpha value is -0.570. The number of nitrogens with two attached hydrogens (primary N) is 1. The van der Waals surface area contributed by atoms with Crippen LogP contribution in [0.2, 0.25) is 0 Å². The smallest absolute Gasteiger partial charge is 0.237 e. The summed E-state index contributed by atoms with van der Waals surface area (Å²) < 4.78 is 0. The van der Waals surface area contributed by atoms with Gasteiger partial charge in [0, 0.05) is 5.54 Å². The second-order valence-electron chi connectivity index (χ2n) is 4.37. The zero-order valence-corrected chi connectivity index (χ0v) is 9.31. The minimum absolute atomic E-state index is 0.0356. The van der Waals surface area contributed by atoms with E-state index in [-0.39, 0.29) is 17.5 Å². The maximum Gasteiger partial charge on any atom is 0.237 e. The Morgan fingerprint density at radius 2 is 2.14 bits per heavy atom. The molecular weight excluding hydrogens is 176 g/mol. The summed E-state index contributed by atoms with van der Waals surface area (Å²) in [5.41, 5.74) is 5.84. The molecule has 0 bridgehead atoms. The molecule has 1 atom stereocenters. The molecule has 0 aromatic carbocycles. The monoisotopic (exact) mass is 198 g/mol. The summed E-state index contributed by atoms with van der Waals surface area (Å²) in [7, 11) is 0. The van der Waals surface area contributed by atoms with E-state index in [1.807, 2.05) is 6.92 Å². The van der Waals surface area contributed by atoms with Crippen molar-refractivity contribution in [1.82, 2.24) is 5.32 Å². The maximum atomic E-state index is 11.7. The van der Waals surface area contributed by atoms with Crippen LogP contribution in [0.3, 0.4) is 0 Å². The number of hydrogen-bond acceptors (Lipinski definition) is 2. The summed E-state index contributed by atoms with van der Waals surface area (Å²) in [6.45, 7) is 4.18. The van der Waals surface area contributed by atoms with E-state index in [1.165, 1.54) is 6.42 Å². The summed E-state index contributed by atoms with van der Waals surface area (Å²) in [6, 6.07) is -0.316. The van der Waals surface area contributed by atoms with E-state index in [9.17, 15) is 4.79 Å². The maximum absolute atomic E-state index is 11.7. The molecule has 0 aromatic rings. The van der Waals surface area contributed by atoms with E-state index in [0.717, 1.165) is 32.1 Å². The summed E-state index contributed by atoms with van der Waals surface area (Å²) in [5.74, 6) is 0.0356. The Morgan fingerprint density at radius 3 is 2.50 bits per heavy atom. The molecule has 82 valence electrons. The van der Waals surface area contributed by atoms with E-state index in [1.54, 1.807) is 0 Å². The lowest BCUT2D eigenvalue weighted by Crippen LogP contribution is -2.57. The van der Waals surface area contributed by atoms with E-state index in [2.05, 4.69) is 12.2 Å². The third kappa shape index (κ3) is 2.47. The number of carbonyl (C=O) groups excluding carboxylic acids is 1. The highest BCUT2D eigenvalue weighted by atomic mass is 16.2. The summed E-state index contributed by atoms with van der Waals surface area (Å²) in [6.07, 6.45) is 6.25. The first-order valence-electron chi connectivity index (χ1n) is 5.71. The predicted molar refractivity (Wildman–Crippen MR) is 57.9 cm³/mol. The molecule has 0 saturated heterocycles. The van der Waals surface area contributed by atoms with Gasteiger partial charge in [-0.2, -0.15) is 0 Å². The fourth-order valence-electron chi connectivity index (χ4n) is 1.97. The highest BCUT2D eigenvalue weighted by molar-refractivity contribution is 5.82. The van der Waals surface area contributed by atoms with E-state index < -0.39 is 0 Å². The number of carbonyl (C=O) groups is 1. The van der Waals surface area contributed by atoms with Gasteiger partial charge in [-0.05, 0) is 32.1 Å². The molecule has 1 aliphatic rings. The molecule has 0 aromatic heterocycles. The lowest BCUT2D eigenvalue weighted by molar-refractivity contribution is -0.125. The van der Waals surface area contributed by atoms with Gasteiger partial charge in [0.05, 0.1) is 6.04 Å². The van der Waals surface area contributed by atoms with Crippen LogP contribution in [0.1, 0.15) is 52.4 Å². The second-order valence-corrected chi connectivity index (χ2v) is 4.37. The molecule has 1 saturated carbocycles. The normalized spacial score (nSPS) is 21.1. The largest absolute Gasteiger partial charge is 0.349 e. The van der Waals surface area contributed by atoms with Gasteiger partial charge in [-0.1, -0.05) is 20.3 Å². The van der Waals surface area contributed by atoms with Crippen LogP contribution in [0.4, 0.5) is 0 Å². The average Bonchev–Trinajstić information content (AvgIpc) is 2.11. The topological polar surface area (TPSA) is 55.1 Å². The molecule has 3 N–H and O–H groups in total. The van der Waals surface area contributed by atoms with Crippen LogP contribution in [0.25, 0.3) is 0 Å². The molecule has 3 heteroatoms. The van der Waals surface area contributed by atoms with Gasteiger partial charge in [0.1, 0.15) is 0 Å². The molecular formula is C11H22N2O. The minimum Gasteiger partial charge on any atom is -0.349 e. The van der Waals surface area contributed by atoms with Crippen molar-refractivity contribution in [2.75, 3.05) is 0 Å². The predicted octanol–water partition coefficient (Wildman–Crippen LogP) is 1.56. The van der Waals surface area contributed by atoms with Crippen molar-refractivity contribution in [2.24, 2.45) is 5.73 Å². The van der Waals surface area contributed by atoms with Gasteiger partial charge in [0.25, 0.3) is 0 Å². The summed E-state index contributed by atoms with van der Waals surface area (Å²) >= 11 is 0. The fraction of sp³-hybridized carbons (Fsp3) is 0.909. The van der Waals surface area contributed by atoms with E-state index in [4.69, 9.17) is 5.73 Å². The average molecular weight is 198 g/mol. The van der Waals surface area contributed by atoms with E-state index >= 15 is 0 Å². The molecule has 1 fully saturated rings. The summed E-state index contributed by atoms with van der Waals surface area (Å²) in [5, 5.41) is 3.10. The minimum atomic E-state index is -0.316. The third-order valence-electron chi connectivity index (χ3n) is 3.31. The van der Waals surface area contributed by atoms with Crippen LogP contribution in [-0.4, -0.2) is 17.5 Å². The first kappa shape index (κ1) is 11.5. The van der Waals surface area contributed by atoms with Gasteiger partial charge in [0.15, 0.2) is 0 Å². The van der Waals surface area contributed by atoms with E-state index in [0.29, 0.717) is 0 Å². The highest BCUT2D eigenvalue weighted by Gasteiger charge is 2.37. The molecule has 3 nitrogen and oxygen atoms in total. The van der Waals surface area contributed by atoms with Crippen LogP contribution < -0.4 is 11.1 Å². The number of amides is 1. The lowest BCUT2D eigenvalue weighted by atomic mass is 9.74. The van der Waals surface area contributed by atoms with Crippen molar-refractivity contribution < 1.29 is 4.79 Å². The third-order valence-corrected chi connectivity index (χ3v) is 3.31. The van der Waals surface area contributed by atoms with Crippen molar-refractivity contribution in [1.29, 1.82) is 0 Å². The van der Waals surface area contributed by atoms with Crippen LogP contribution in [0.15, 0.2) is 0 Å². The highest BCUT2D eigenvalue weighted by Crippen LogP contribution is 2.34. The van der Waals surface area contributed by atoms with Crippen LogP contribution in [0.5, 0.6) is 0 Å². The second kappa shape index (κ2) is 4.78. The number of hydrogen-bond donors (Lipinski definition) is 2. The van der Waals surface area contributed by atoms with Gasteiger partial charge < -0.3 is 11.1 Å². The molecule has 0 spiro atoms. The summed E-state index contributed by atoms with van der Waals surface area (Å²) in [4.78, 5) is 11.7. The Morgan fingerprint density at radius 1 is 1.50 bits per heavy atom. The van der Waals surface area contributed by atoms with Crippen LogP contribution in [0, 0.1) is 0 Å². The SMILES string of the molecule is CCC[C@H](N)C(=O)NC1(CC)CCC1. The van der Waals surface area contributed by atoms with Crippen molar-refractivity contribution in [3.05, 3.63) is 0 Å².